The predicted octanol–water partition coefficient (Wildman–Crippen LogP) is 4.14. The van der Waals surface area contributed by atoms with Crippen molar-refractivity contribution in [2.24, 2.45) is 0 Å². The highest BCUT2D eigenvalue weighted by Gasteiger charge is 2.12. The third-order valence-electron chi connectivity index (χ3n) is 4.56. The number of aromatic amines is 2. The Morgan fingerprint density at radius 2 is 1.96 bits per heavy atom. The van der Waals surface area contributed by atoms with Crippen molar-refractivity contribution >= 4 is 39.3 Å². The molecule has 0 unspecified atom stereocenters. The molecule has 3 heterocycles. The molecule has 0 fully saturated rings. The van der Waals surface area contributed by atoms with Gasteiger partial charge >= 0.3 is 0 Å². The van der Waals surface area contributed by atoms with Gasteiger partial charge in [0, 0.05) is 39.4 Å². The first-order chi connectivity index (χ1) is 13.2. The number of aromatic nitrogens is 5. The summed E-state index contributed by atoms with van der Waals surface area (Å²) in [4.78, 5) is 11.6. The number of aryl methyl sites for hydroxylation is 1. The van der Waals surface area contributed by atoms with Crippen molar-refractivity contribution in [3.05, 3.63) is 60.4 Å². The Morgan fingerprint density at radius 1 is 1.04 bits per heavy atom. The summed E-state index contributed by atoms with van der Waals surface area (Å²) in [5.74, 6) is 0.874. The maximum absolute atomic E-state index is 5.68. The minimum atomic E-state index is 0.232. The number of nitrogens with zero attached hydrogens (tertiary/aromatic N) is 3. The molecule has 132 valence electrons. The molecule has 0 aliphatic heterocycles. The monoisotopic (exact) mass is 355 g/mol. The molecule has 2 aromatic carbocycles. The molecule has 3 aromatic heterocycles. The van der Waals surface area contributed by atoms with E-state index in [1.807, 2.05) is 12.3 Å². The number of rotatable bonds is 3. The average molecular weight is 355 g/mol. The second-order valence-corrected chi connectivity index (χ2v) is 6.56. The number of hydrogen-bond donors (Lipinski definition) is 4. The van der Waals surface area contributed by atoms with Gasteiger partial charge in [0.2, 0.25) is 5.95 Å². The molecule has 27 heavy (non-hydrogen) atoms. The van der Waals surface area contributed by atoms with Gasteiger partial charge < -0.3 is 16.0 Å². The zero-order valence-electron chi connectivity index (χ0n) is 14.6. The Bertz CT molecular complexity index is 1280. The van der Waals surface area contributed by atoms with Crippen LogP contribution in [0.25, 0.3) is 33.1 Å². The van der Waals surface area contributed by atoms with Crippen molar-refractivity contribution in [2.75, 3.05) is 11.1 Å². The fourth-order valence-corrected chi connectivity index (χ4v) is 3.32. The number of anilines is 3. The van der Waals surface area contributed by atoms with E-state index in [-0.39, 0.29) is 5.95 Å². The van der Waals surface area contributed by atoms with E-state index in [4.69, 9.17) is 5.73 Å². The highest BCUT2D eigenvalue weighted by Crippen LogP contribution is 2.33. The summed E-state index contributed by atoms with van der Waals surface area (Å²) in [6.07, 6.45) is 3.44. The lowest BCUT2D eigenvalue weighted by Gasteiger charge is -2.09. The van der Waals surface area contributed by atoms with Crippen LogP contribution in [0.15, 0.2) is 54.9 Å². The van der Waals surface area contributed by atoms with E-state index in [0.717, 1.165) is 33.4 Å². The lowest BCUT2D eigenvalue weighted by atomic mass is 10.1. The van der Waals surface area contributed by atoms with Gasteiger partial charge in [-0.25, -0.2) is 4.98 Å². The van der Waals surface area contributed by atoms with Crippen molar-refractivity contribution in [1.29, 1.82) is 0 Å². The number of fused-ring (bicyclic) bond motifs is 2. The fourth-order valence-electron chi connectivity index (χ4n) is 3.32. The second kappa shape index (κ2) is 5.84. The third-order valence-corrected chi connectivity index (χ3v) is 4.56. The van der Waals surface area contributed by atoms with Gasteiger partial charge in [0.15, 0.2) is 0 Å². The zero-order valence-corrected chi connectivity index (χ0v) is 14.6. The van der Waals surface area contributed by atoms with Crippen LogP contribution >= 0.6 is 0 Å². The Labute approximate surface area is 154 Å². The van der Waals surface area contributed by atoms with E-state index in [0.29, 0.717) is 5.82 Å². The van der Waals surface area contributed by atoms with Crippen LogP contribution in [0.4, 0.5) is 17.5 Å². The molecular weight excluding hydrogens is 338 g/mol. The van der Waals surface area contributed by atoms with Crippen LogP contribution in [0.5, 0.6) is 0 Å². The first kappa shape index (κ1) is 15.4. The van der Waals surface area contributed by atoms with Gasteiger partial charge in [-0.1, -0.05) is 12.1 Å². The van der Waals surface area contributed by atoms with Crippen molar-refractivity contribution in [3.8, 4) is 11.3 Å². The van der Waals surface area contributed by atoms with E-state index in [1.54, 1.807) is 12.3 Å². The minimum absolute atomic E-state index is 0.232. The van der Waals surface area contributed by atoms with Gasteiger partial charge in [-0.15, -0.1) is 0 Å². The van der Waals surface area contributed by atoms with Crippen LogP contribution in [0, 0.1) is 6.92 Å². The van der Waals surface area contributed by atoms with Crippen LogP contribution < -0.4 is 11.1 Å². The average Bonchev–Trinajstić information content (AvgIpc) is 3.27. The lowest BCUT2D eigenvalue weighted by Crippen LogP contribution is -1.99. The Balaban J connectivity index is 1.65. The van der Waals surface area contributed by atoms with Crippen LogP contribution in [0.1, 0.15) is 5.56 Å². The SMILES string of the molecule is Cc1ccc2cc(-c3cc(Nc4ccnc(N)n4)cc4cn[nH]c34)[nH]c2c1. The number of benzene rings is 2. The Kier molecular flexibility index (Phi) is 3.33. The van der Waals surface area contributed by atoms with Crippen LogP contribution in [0.2, 0.25) is 0 Å². The lowest BCUT2D eigenvalue weighted by molar-refractivity contribution is 1.12. The summed E-state index contributed by atoms with van der Waals surface area (Å²) in [5.41, 5.74) is 11.9. The van der Waals surface area contributed by atoms with Crippen molar-refractivity contribution in [3.63, 3.8) is 0 Å². The number of H-pyrrole nitrogens is 2. The molecule has 0 atom stereocenters. The summed E-state index contributed by atoms with van der Waals surface area (Å²) >= 11 is 0. The van der Waals surface area contributed by atoms with Gasteiger partial charge in [0.1, 0.15) is 5.82 Å². The molecule has 5 N–H and O–H groups in total. The first-order valence-corrected chi connectivity index (χ1v) is 8.58. The molecule has 0 aliphatic carbocycles. The molecule has 0 bridgehead atoms. The van der Waals surface area contributed by atoms with Crippen LogP contribution in [-0.2, 0) is 0 Å². The highest BCUT2D eigenvalue weighted by atomic mass is 15.1. The largest absolute Gasteiger partial charge is 0.368 e. The van der Waals surface area contributed by atoms with E-state index in [1.165, 1.54) is 10.9 Å². The zero-order chi connectivity index (χ0) is 18.4. The summed E-state index contributed by atoms with van der Waals surface area (Å²) in [6.45, 7) is 2.09. The maximum Gasteiger partial charge on any atom is 0.221 e. The molecule has 0 aliphatic rings. The molecule has 5 aromatic rings. The van der Waals surface area contributed by atoms with Gasteiger partial charge in [0.25, 0.3) is 0 Å². The summed E-state index contributed by atoms with van der Waals surface area (Å²) in [6, 6.07) is 14.4. The predicted molar refractivity (Wildman–Crippen MR) is 108 cm³/mol. The molecule has 7 nitrogen and oxygen atoms in total. The summed E-state index contributed by atoms with van der Waals surface area (Å²) in [5, 5.41) is 12.8. The smallest absolute Gasteiger partial charge is 0.221 e. The molecule has 0 amide bonds. The Hall–Kier alpha value is -3.87. The number of nitrogens with two attached hydrogens (primary N) is 1. The van der Waals surface area contributed by atoms with Gasteiger partial charge in [-0.05, 0) is 42.8 Å². The molecule has 0 spiro atoms. The molecule has 0 saturated carbocycles. The van der Waals surface area contributed by atoms with Gasteiger partial charge in [-0.2, -0.15) is 10.1 Å². The van der Waals surface area contributed by atoms with Gasteiger partial charge in [0.05, 0.1) is 11.7 Å². The molecular formula is C20H17N7. The first-order valence-electron chi connectivity index (χ1n) is 8.58. The second-order valence-electron chi connectivity index (χ2n) is 6.56. The minimum Gasteiger partial charge on any atom is -0.368 e. The van der Waals surface area contributed by atoms with E-state index in [9.17, 15) is 0 Å². The van der Waals surface area contributed by atoms with Crippen molar-refractivity contribution < 1.29 is 0 Å². The van der Waals surface area contributed by atoms with E-state index < -0.39 is 0 Å². The number of hydrogen-bond acceptors (Lipinski definition) is 5. The molecule has 0 saturated heterocycles. The normalized spacial score (nSPS) is 11.3. The molecule has 0 radical (unpaired) electrons. The van der Waals surface area contributed by atoms with Crippen molar-refractivity contribution in [2.45, 2.75) is 6.92 Å². The quantitative estimate of drug-likeness (QED) is 0.389. The molecule has 5 rings (SSSR count). The number of nitrogen functional groups attached to an aromatic ring is 1. The summed E-state index contributed by atoms with van der Waals surface area (Å²) in [7, 11) is 0. The molecule has 7 heteroatoms. The summed E-state index contributed by atoms with van der Waals surface area (Å²) < 4.78 is 0. The van der Waals surface area contributed by atoms with Crippen molar-refractivity contribution in [1.82, 2.24) is 25.1 Å². The standard InChI is InChI=1S/C20H17N7/c1-11-2-3-12-8-17(25-16(12)6-11)15-9-14(7-13-10-23-27-19(13)15)24-18-4-5-22-20(21)26-18/h2-10,25H,1H3,(H,23,27)(H3,21,22,24,26). The van der Waals surface area contributed by atoms with Crippen LogP contribution in [-0.4, -0.2) is 25.1 Å². The van der Waals surface area contributed by atoms with Crippen LogP contribution in [0.3, 0.4) is 0 Å². The maximum atomic E-state index is 5.68. The van der Waals surface area contributed by atoms with Gasteiger partial charge in [-0.3, -0.25) is 5.10 Å². The van der Waals surface area contributed by atoms with E-state index >= 15 is 0 Å². The topological polar surface area (TPSA) is 108 Å². The third kappa shape index (κ3) is 2.75. The fraction of sp³-hybridized carbons (Fsp3) is 0.0500. The highest BCUT2D eigenvalue weighted by molar-refractivity contribution is 5.98. The van der Waals surface area contributed by atoms with E-state index in [2.05, 4.69) is 67.7 Å². The Morgan fingerprint density at radius 3 is 2.85 bits per heavy atom. The number of nitrogens with one attached hydrogen (secondary N) is 3.